The van der Waals surface area contributed by atoms with Crippen LogP contribution in [0.15, 0.2) is 30.5 Å². The monoisotopic (exact) mass is 300 g/mol. The van der Waals surface area contributed by atoms with Crippen molar-refractivity contribution in [2.75, 3.05) is 0 Å². The van der Waals surface area contributed by atoms with Crippen molar-refractivity contribution < 1.29 is 14.7 Å². The second-order valence-electron chi connectivity index (χ2n) is 5.56. The topological polar surface area (TPSA) is 97.1 Å². The van der Waals surface area contributed by atoms with Crippen LogP contribution in [0.3, 0.4) is 0 Å². The lowest BCUT2D eigenvalue weighted by molar-refractivity contribution is -0.145. The summed E-state index contributed by atoms with van der Waals surface area (Å²) in [6.07, 6.45) is 2.49. The zero-order chi connectivity index (χ0) is 15.7. The molecule has 1 amide bonds. The molecule has 0 radical (unpaired) electrons. The first-order valence-corrected chi connectivity index (χ1v) is 7.06. The zero-order valence-electron chi connectivity index (χ0n) is 12.1. The maximum absolute atomic E-state index is 12.0. The smallest absolute Gasteiger partial charge is 0.306 e. The summed E-state index contributed by atoms with van der Waals surface area (Å²) >= 11 is 0. The Morgan fingerprint density at radius 3 is 2.59 bits per heavy atom. The molecular formula is C15H16N4O3. The van der Waals surface area contributed by atoms with E-state index in [9.17, 15) is 9.59 Å². The number of carboxylic acid groups (broad SMARTS) is 1. The molecule has 1 heterocycles. The summed E-state index contributed by atoms with van der Waals surface area (Å²) in [5.41, 5.74) is 2.19. The van der Waals surface area contributed by atoms with Crippen molar-refractivity contribution >= 4 is 11.9 Å². The number of nitrogens with one attached hydrogen (secondary N) is 1. The van der Waals surface area contributed by atoms with E-state index in [0.29, 0.717) is 12.8 Å². The molecule has 3 rings (SSSR count). The van der Waals surface area contributed by atoms with Crippen molar-refractivity contribution in [3.05, 3.63) is 41.7 Å². The molecule has 2 aromatic rings. The summed E-state index contributed by atoms with van der Waals surface area (Å²) in [6.45, 7) is 1.99. The van der Waals surface area contributed by atoms with Gasteiger partial charge in [-0.25, -0.2) is 4.68 Å². The summed E-state index contributed by atoms with van der Waals surface area (Å²) in [5, 5.41) is 19.4. The Hall–Kier alpha value is -2.70. The molecule has 0 aliphatic heterocycles. The third-order valence-corrected chi connectivity index (χ3v) is 3.85. The minimum absolute atomic E-state index is 0.0990. The molecule has 0 atom stereocenters. The van der Waals surface area contributed by atoms with Gasteiger partial charge in [0.2, 0.25) is 0 Å². The van der Waals surface area contributed by atoms with Gasteiger partial charge in [0, 0.05) is 6.04 Å². The molecule has 7 nitrogen and oxygen atoms in total. The molecule has 2 N–H and O–H groups in total. The first-order valence-electron chi connectivity index (χ1n) is 7.06. The van der Waals surface area contributed by atoms with Gasteiger partial charge >= 0.3 is 5.97 Å². The normalized spacial score (nSPS) is 20.2. The number of nitrogens with zero attached hydrogens (tertiary/aromatic N) is 3. The molecule has 1 fully saturated rings. The number of aryl methyl sites for hydroxylation is 1. The molecule has 1 aromatic carbocycles. The quantitative estimate of drug-likeness (QED) is 0.883. The number of hydrogen-bond acceptors (Lipinski definition) is 4. The van der Waals surface area contributed by atoms with Gasteiger partial charge in [0.05, 0.1) is 17.8 Å². The number of aromatic nitrogens is 3. The van der Waals surface area contributed by atoms with Crippen LogP contribution >= 0.6 is 0 Å². The molecule has 1 aliphatic carbocycles. The predicted molar refractivity (Wildman–Crippen MR) is 77.7 cm³/mol. The molecule has 1 aliphatic rings. The number of aliphatic carboxylic acids is 1. The Morgan fingerprint density at radius 2 is 1.95 bits per heavy atom. The molecule has 0 saturated heterocycles. The van der Waals surface area contributed by atoms with Crippen molar-refractivity contribution in [3.8, 4) is 5.69 Å². The van der Waals surface area contributed by atoms with Crippen LogP contribution in [0, 0.1) is 12.8 Å². The Bertz CT molecular complexity index is 702. The van der Waals surface area contributed by atoms with Crippen LogP contribution in [0.4, 0.5) is 0 Å². The van der Waals surface area contributed by atoms with Gasteiger partial charge in [-0.15, -0.1) is 5.10 Å². The van der Waals surface area contributed by atoms with Crippen LogP contribution in [0.2, 0.25) is 0 Å². The van der Waals surface area contributed by atoms with Crippen molar-refractivity contribution in [2.24, 2.45) is 5.92 Å². The number of carboxylic acids is 1. The van der Waals surface area contributed by atoms with E-state index in [1.807, 2.05) is 31.2 Å². The molecule has 1 saturated carbocycles. The van der Waals surface area contributed by atoms with Gasteiger partial charge in [0.15, 0.2) is 5.69 Å². The first kappa shape index (κ1) is 14.2. The van der Waals surface area contributed by atoms with Gasteiger partial charge in [0.25, 0.3) is 5.91 Å². The molecular weight excluding hydrogens is 284 g/mol. The molecule has 22 heavy (non-hydrogen) atoms. The van der Waals surface area contributed by atoms with Crippen LogP contribution in [0.25, 0.3) is 5.69 Å². The van der Waals surface area contributed by atoms with Crippen LogP contribution in [0.1, 0.15) is 28.9 Å². The van der Waals surface area contributed by atoms with Crippen LogP contribution in [0.5, 0.6) is 0 Å². The average Bonchev–Trinajstić information content (AvgIpc) is 2.92. The van der Waals surface area contributed by atoms with E-state index < -0.39 is 5.97 Å². The predicted octanol–water partition coefficient (Wildman–Crippen LogP) is 1.17. The number of hydrogen-bond donors (Lipinski definition) is 2. The summed E-state index contributed by atoms with van der Waals surface area (Å²) in [4.78, 5) is 22.8. The van der Waals surface area contributed by atoms with E-state index in [1.165, 1.54) is 4.68 Å². The Kier molecular flexibility index (Phi) is 3.62. The van der Waals surface area contributed by atoms with E-state index in [-0.39, 0.29) is 23.6 Å². The second kappa shape index (κ2) is 5.59. The number of carbonyl (C=O) groups excluding carboxylic acids is 1. The van der Waals surface area contributed by atoms with E-state index in [2.05, 4.69) is 15.6 Å². The minimum atomic E-state index is -0.809. The fourth-order valence-corrected chi connectivity index (χ4v) is 2.39. The summed E-state index contributed by atoms with van der Waals surface area (Å²) < 4.78 is 1.54. The average molecular weight is 300 g/mol. The molecule has 7 heteroatoms. The van der Waals surface area contributed by atoms with Crippen molar-refractivity contribution in [3.63, 3.8) is 0 Å². The lowest BCUT2D eigenvalue weighted by Crippen LogP contribution is -2.46. The highest BCUT2D eigenvalue weighted by atomic mass is 16.4. The highest BCUT2D eigenvalue weighted by Crippen LogP contribution is 2.27. The van der Waals surface area contributed by atoms with Crippen molar-refractivity contribution in [1.29, 1.82) is 0 Å². The van der Waals surface area contributed by atoms with Gasteiger partial charge in [-0.2, -0.15) is 0 Å². The van der Waals surface area contributed by atoms with Crippen molar-refractivity contribution in [2.45, 2.75) is 25.8 Å². The largest absolute Gasteiger partial charge is 0.481 e. The standard InChI is InChI=1S/C15H16N4O3/c1-9-2-4-12(5-3-9)19-8-13(17-18-19)14(20)16-11-6-10(7-11)15(21)22/h2-5,8,10-11H,6-7H2,1H3,(H,16,20)(H,21,22). The maximum atomic E-state index is 12.0. The zero-order valence-corrected chi connectivity index (χ0v) is 12.1. The molecule has 114 valence electrons. The van der Waals surface area contributed by atoms with Crippen LogP contribution < -0.4 is 5.32 Å². The summed E-state index contributed by atoms with van der Waals surface area (Å²) in [5.74, 6) is -1.49. The Balaban J connectivity index is 1.63. The molecule has 1 aromatic heterocycles. The Labute approximate surface area is 126 Å². The van der Waals surface area contributed by atoms with Gasteiger partial charge in [0.1, 0.15) is 0 Å². The Morgan fingerprint density at radius 1 is 1.27 bits per heavy atom. The first-order chi connectivity index (χ1) is 10.5. The van der Waals surface area contributed by atoms with Crippen molar-refractivity contribution in [1.82, 2.24) is 20.3 Å². The van der Waals surface area contributed by atoms with E-state index in [4.69, 9.17) is 5.11 Å². The number of rotatable bonds is 4. The highest BCUT2D eigenvalue weighted by molar-refractivity contribution is 5.92. The van der Waals surface area contributed by atoms with Gasteiger partial charge < -0.3 is 10.4 Å². The molecule has 0 unspecified atom stereocenters. The second-order valence-corrected chi connectivity index (χ2v) is 5.56. The lowest BCUT2D eigenvalue weighted by Gasteiger charge is -2.32. The minimum Gasteiger partial charge on any atom is -0.481 e. The third-order valence-electron chi connectivity index (χ3n) is 3.85. The van der Waals surface area contributed by atoms with E-state index in [0.717, 1.165) is 11.3 Å². The number of amides is 1. The molecule has 0 bridgehead atoms. The van der Waals surface area contributed by atoms with Gasteiger partial charge in [-0.3, -0.25) is 9.59 Å². The SMILES string of the molecule is Cc1ccc(-n2cc(C(=O)NC3CC(C(=O)O)C3)nn2)cc1. The van der Waals surface area contributed by atoms with E-state index in [1.54, 1.807) is 6.20 Å². The molecule has 0 spiro atoms. The number of carbonyl (C=O) groups is 2. The van der Waals surface area contributed by atoms with Gasteiger partial charge in [-0.05, 0) is 31.9 Å². The highest BCUT2D eigenvalue weighted by Gasteiger charge is 2.35. The summed E-state index contributed by atoms with van der Waals surface area (Å²) in [6, 6.07) is 7.61. The van der Waals surface area contributed by atoms with Crippen LogP contribution in [-0.2, 0) is 4.79 Å². The van der Waals surface area contributed by atoms with Crippen LogP contribution in [-0.4, -0.2) is 38.0 Å². The lowest BCUT2D eigenvalue weighted by atomic mass is 9.80. The third kappa shape index (κ3) is 2.83. The summed E-state index contributed by atoms with van der Waals surface area (Å²) in [7, 11) is 0. The fourth-order valence-electron chi connectivity index (χ4n) is 2.39. The number of benzene rings is 1. The fraction of sp³-hybridized carbons (Fsp3) is 0.333. The van der Waals surface area contributed by atoms with Gasteiger partial charge in [-0.1, -0.05) is 22.9 Å². The maximum Gasteiger partial charge on any atom is 0.306 e. The van der Waals surface area contributed by atoms with E-state index >= 15 is 0 Å².